The molecule has 1 heterocycles. The number of halogens is 1. The molecule has 0 spiro atoms. The molecule has 2 N–H and O–H groups in total. The van der Waals surface area contributed by atoms with Crippen LogP contribution in [-0.2, 0) is 4.74 Å². The Morgan fingerprint density at radius 2 is 2.24 bits per heavy atom. The van der Waals surface area contributed by atoms with E-state index >= 15 is 0 Å². The minimum atomic E-state index is 0.159. The lowest BCUT2D eigenvalue weighted by atomic mass is 10.0. The van der Waals surface area contributed by atoms with E-state index in [-0.39, 0.29) is 12.1 Å². The lowest BCUT2D eigenvalue weighted by Gasteiger charge is -2.27. The lowest BCUT2D eigenvalue weighted by Crippen LogP contribution is -2.33. The van der Waals surface area contributed by atoms with Gasteiger partial charge in [-0.3, -0.25) is 4.90 Å². The van der Waals surface area contributed by atoms with Crippen molar-refractivity contribution in [2.75, 3.05) is 26.8 Å². The van der Waals surface area contributed by atoms with E-state index in [2.05, 4.69) is 11.0 Å². The number of hydrogen-bond donors (Lipinski definition) is 1. The van der Waals surface area contributed by atoms with Crippen LogP contribution in [0.3, 0.4) is 0 Å². The Morgan fingerprint density at radius 3 is 2.94 bits per heavy atom. The smallest absolute Gasteiger partial charge is 0.0589 e. The Kier molecular flexibility index (Phi) is 4.40. The summed E-state index contributed by atoms with van der Waals surface area (Å²) in [5, 5.41) is 0.803. The fourth-order valence-corrected chi connectivity index (χ4v) is 2.73. The van der Waals surface area contributed by atoms with Gasteiger partial charge in [-0.25, -0.2) is 0 Å². The Bertz CT molecular complexity index is 372. The van der Waals surface area contributed by atoms with E-state index < -0.39 is 0 Å². The molecule has 3 nitrogen and oxygen atoms in total. The Balaban J connectivity index is 2.18. The molecule has 1 aliphatic rings. The molecule has 0 bridgehead atoms. The molecule has 1 aliphatic heterocycles. The van der Waals surface area contributed by atoms with Gasteiger partial charge in [0.1, 0.15) is 0 Å². The number of nitrogens with two attached hydrogens (primary N) is 1. The van der Waals surface area contributed by atoms with Gasteiger partial charge in [0.2, 0.25) is 0 Å². The van der Waals surface area contributed by atoms with E-state index in [1.165, 1.54) is 0 Å². The van der Waals surface area contributed by atoms with Gasteiger partial charge in [0.25, 0.3) is 0 Å². The molecule has 4 heteroatoms. The summed E-state index contributed by atoms with van der Waals surface area (Å²) in [6.45, 7) is 2.65. The Morgan fingerprint density at radius 1 is 1.47 bits per heavy atom. The van der Waals surface area contributed by atoms with E-state index in [0.29, 0.717) is 0 Å². The molecule has 0 saturated carbocycles. The highest BCUT2D eigenvalue weighted by atomic mass is 35.5. The zero-order valence-electron chi connectivity index (χ0n) is 10.1. The second-order valence-corrected chi connectivity index (χ2v) is 4.85. The molecule has 0 radical (unpaired) electrons. The van der Waals surface area contributed by atoms with Gasteiger partial charge in [-0.05, 0) is 18.1 Å². The number of ether oxygens (including phenoxy) is 1. The summed E-state index contributed by atoms with van der Waals surface area (Å²) >= 11 is 6.26. The number of benzene rings is 1. The molecule has 1 aromatic carbocycles. The van der Waals surface area contributed by atoms with E-state index in [4.69, 9.17) is 22.1 Å². The minimum absolute atomic E-state index is 0.159. The number of methoxy groups -OCH3 is 1. The van der Waals surface area contributed by atoms with Gasteiger partial charge < -0.3 is 10.5 Å². The quantitative estimate of drug-likeness (QED) is 0.894. The number of likely N-dealkylation sites (tertiary alicyclic amines) is 1. The monoisotopic (exact) mass is 254 g/mol. The number of nitrogens with zero attached hydrogens (tertiary/aromatic N) is 1. The highest BCUT2D eigenvalue weighted by molar-refractivity contribution is 6.31. The summed E-state index contributed by atoms with van der Waals surface area (Å²) in [5.74, 6) is 0. The number of rotatable bonds is 4. The molecule has 2 unspecified atom stereocenters. The third-order valence-electron chi connectivity index (χ3n) is 3.36. The van der Waals surface area contributed by atoms with Crippen molar-refractivity contribution in [1.29, 1.82) is 0 Å². The van der Waals surface area contributed by atoms with Crippen molar-refractivity contribution in [2.24, 2.45) is 5.73 Å². The summed E-state index contributed by atoms with van der Waals surface area (Å²) in [6, 6.07) is 8.34. The van der Waals surface area contributed by atoms with Crippen molar-refractivity contribution in [3.05, 3.63) is 34.9 Å². The van der Waals surface area contributed by atoms with Crippen LogP contribution >= 0.6 is 11.6 Å². The van der Waals surface area contributed by atoms with Gasteiger partial charge in [-0.1, -0.05) is 29.8 Å². The van der Waals surface area contributed by atoms with Crippen molar-refractivity contribution in [3.63, 3.8) is 0 Å². The average Bonchev–Trinajstić information content (AvgIpc) is 2.69. The van der Waals surface area contributed by atoms with Crippen molar-refractivity contribution in [1.82, 2.24) is 4.90 Å². The number of hydrogen-bond acceptors (Lipinski definition) is 3. The average molecular weight is 255 g/mol. The van der Waals surface area contributed by atoms with E-state index in [9.17, 15) is 0 Å². The van der Waals surface area contributed by atoms with Gasteiger partial charge in [-0.2, -0.15) is 0 Å². The first-order valence-electron chi connectivity index (χ1n) is 5.97. The molecule has 94 valence electrons. The first kappa shape index (κ1) is 12.8. The molecule has 0 aromatic heterocycles. The Labute approximate surface area is 107 Å². The zero-order chi connectivity index (χ0) is 12.3. The van der Waals surface area contributed by atoms with Gasteiger partial charge >= 0.3 is 0 Å². The fourth-order valence-electron chi connectivity index (χ4n) is 2.48. The van der Waals surface area contributed by atoms with Crippen LogP contribution < -0.4 is 5.73 Å². The van der Waals surface area contributed by atoms with Gasteiger partial charge in [0.15, 0.2) is 0 Å². The van der Waals surface area contributed by atoms with E-state index in [0.717, 1.165) is 36.7 Å². The van der Waals surface area contributed by atoms with Crippen molar-refractivity contribution < 1.29 is 4.74 Å². The fraction of sp³-hybridized carbons (Fsp3) is 0.538. The maximum absolute atomic E-state index is 6.26. The minimum Gasteiger partial charge on any atom is -0.383 e. The van der Waals surface area contributed by atoms with Crippen LogP contribution in [0.1, 0.15) is 18.0 Å². The second-order valence-electron chi connectivity index (χ2n) is 4.45. The SMILES string of the molecule is COCCN1CCC(N)C1c1ccccc1Cl. The summed E-state index contributed by atoms with van der Waals surface area (Å²) in [4.78, 5) is 2.36. The predicted molar refractivity (Wildman–Crippen MR) is 70.2 cm³/mol. The second kappa shape index (κ2) is 5.83. The first-order valence-corrected chi connectivity index (χ1v) is 6.35. The molecular weight excluding hydrogens is 236 g/mol. The molecule has 2 rings (SSSR count). The van der Waals surface area contributed by atoms with Crippen molar-refractivity contribution >= 4 is 11.6 Å². The van der Waals surface area contributed by atoms with E-state index in [1.54, 1.807) is 7.11 Å². The maximum atomic E-state index is 6.26. The molecule has 2 atom stereocenters. The van der Waals surface area contributed by atoms with Crippen LogP contribution in [-0.4, -0.2) is 37.7 Å². The molecular formula is C13H19ClN2O. The van der Waals surface area contributed by atoms with Crippen LogP contribution in [0.15, 0.2) is 24.3 Å². The topological polar surface area (TPSA) is 38.5 Å². The summed E-state index contributed by atoms with van der Waals surface area (Å²) in [7, 11) is 1.72. The molecule has 0 amide bonds. The van der Waals surface area contributed by atoms with Crippen molar-refractivity contribution in [2.45, 2.75) is 18.5 Å². The molecule has 17 heavy (non-hydrogen) atoms. The maximum Gasteiger partial charge on any atom is 0.0589 e. The van der Waals surface area contributed by atoms with Gasteiger partial charge in [-0.15, -0.1) is 0 Å². The standard InChI is InChI=1S/C13H19ClN2O/c1-17-9-8-16-7-6-12(15)13(16)10-4-2-3-5-11(10)14/h2-5,12-13H,6-9,15H2,1H3. The zero-order valence-corrected chi connectivity index (χ0v) is 10.9. The largest absolute Gasteiger partial charge is 0.383 e. The third-order valence-corrected chi connectivity index (χ3v) is 3.70. The van der Waals surface area contributed by atoms with E-state index in [1.807, 2.05) is 18.2 Å². The van der Waals surface area contributed by atoms with Crippen molar-refractivity contribution in [3.8, 4) is 0 Å². The predicted octanol–water partition coefficient (Wildman–Crippen LogP) is 2.06. The van der Waals surface area contributed by atoms with Gasteiger partial charge in [0.05, 0.1) is 12.6 Å². The summed E-state index contributed by atoms with van der Waals surface area (Å²) < 4.78 is 5.14. The molecule has 1 saturated heterocycles. The molecule has 1 fully saturated rings. The summed E-state index contributed by atoms with van der Waals surface area (Å²) in [5.41, 5.74) is 7.34. The third kappa shape index (κ3) is 2.80. The normalized spacial score (nSPS) is 25.4. The van der Waals surface area contributed by atoms with Crippen LogP contribution in [0.25, 0.3) is 0 Å². The molecule has 0 aliphatic carbocycles. The van der Waals surface area contributed by atoms with Gasteiger partial charge in [0, 0.05) is 31.3 Å². The van der Waals surface area contributed by atoms with Crippen LogP contribution in [0, 0.1) is 0 Å². The van der Waals surface area contributed by atoms with Crippen LogP contribution in [0.2, 0.25) is 5.02 Å². The highest BCUT2D eigenvalue weighted by Gasteiger charge is 2.33. The Hall–Kier alpha value is -0.610. The summed E-state index contributed by atoms with van der Waals surface area (Å²) in [6.07, 6.45) is 1.01. The molecule has 1 aromatic rings. The van der Waals surface area contributed by atoms with Crippen LogP contribution in [0.4, 0.5) is 0 Å². The van der Waals surface area contributed by atoms with Crippen LogP contribution in [0.5, 0.6) is 0 Å². The lowest BCUT2D eigenvalue weighted by molar-refractivity contribution is 0.139. The first-order chi connectivity index (χ1) is 8.24. The highest BCUT2D eigenvalue weighted by Crippen LogP contribution is 2.34.